The zero-order valence-corrected chi connectivity index (χ0v) is 6.32. The number of hydrogen-bond donors (Lipinski definition) is 2. The number of H-pyrrole nitrogens is 1. The summed E-state index contributed by atoms with van der Waals surface area (Å²) in [6.45, 7) is 0. The molecule has 0 saturated carbocycles. The highest BCUT2D eigenvalue weighted by Crippen LogP contribution is 2.33. The first-order valence-corrected chi connectivity index (χ1v) is 3.24. The van der Waals surface area contributed by atoms with Crippen LogP contribution in [0.25, 0.3) is 0 Å². The average molecular weight is 201 g/mol. The molecule has 1 aromatic heterocycles. The molecule has 0 aromatic carbocycles. The van der Waals surface area contributed by atoms with E-state index in [0.29, 0.717) is 0 Å². The van der Waals surface area contributed by atoms with Gasteiger partial charge in [0.15, 0.2) is 11.3 Å². The van der Waals surface area contributed by atoms with Gasteiger partial charge in [-0.3, -0.25) is 0 Å². The van der Waals surface area contributed by atoms with Gasteiger partial charge in [0.25, 0.3) is 0 Å². The fourth-order valence-electron chi connectivity index (χ4n) is 0.643. The SMILES string of the molecule is OC(c1[nH]cnc1Cl)C(F)(F)F. The molecule has 0 fully saturated rings. The maximum Gasteiger partial charge on any atom is 0.420 e. The number of hydrogen-bond acceptors (Lipinski definition) is 2. The standard InChI is InChI=1S/C5H4ClF3N2O/c6-4-2(10-1-11-4)3(12)5(7,8)9/h1,3,12H,(H,10,11). The van der Waals surface area contributed by atoms with E-state index in [9.17, 15) is 13.2 Å². The lowest BCUT2D eigenvalue weighted by molar-refractivity contribution is -0.207. The Kier molecular flexibility index (Phi) is 2.29. The molecule has 0 amide bonds. The number of aliphatic hydroxyl groups excluding tert-OH is 1. The van der Waals surface area contributed by atoms with Gasteiger partial charge >= 0.3 is 6.18 Å². The quantitative estimate of drug-likeness (QED) is 0.724. The van der Waals surface area contributed by atoms with Crippen molar-refractivity contribution >= 4 is 11.6 Å². The van der Waals surface area contributed by atoms with E-state index in [1.54, 1.807) is 0 Å². The van der Waals surface area contributed by atoms with E-state index in [1.165, 1.54) is 0 Å². The Morgan fingerprint density at radius 1 is 1.58 bits per heavy atom. The summed E-state index contributed by atoms with van der Waals surface area (Å²) in [7, 11) is 0. The van der Waals surface area contributed by atoms with Crippen molar-refractivity contribution < 1.29 is 18.3 Å². The summed E-state index contributed by atoms with van der Waals surface area (Å²) >= 11 is 5.24. The van der Waals surface area contributed by atoms with Crippen LogP contribution < -0.4 is 0 Å². The minimum absolute atomic E-state index is 0.375. The van der Waals surface area contributed by atoms with Crippen LogP contribution in [-0.2, 0) is 0 Å². The summed E-state index contributed by atoms with van der Waals surface area (Å²) in [4.78, 5) is 5.40. The van der Waals surface area contributed by atoms with E-state index in [-0.39, 0.29) is 5.15 Å². The monoisotopic (exact) mass is 200 g/mol. The minimum atomic E-state index is -4.73. The average Bonchev–Trinajstić information content (AvgIpc) is 2.31. The van der Waals surface area contributed by atoms with Crippen molar-refractivity contribution in [3.05, 3.63) is 17.2 Å². The molecule has 0 aliphatic heterocycles. The normalized spacial score (nSPS) is 14.8. The number of aliphatic hydroxyl groups is 1. The largest absolute Gasteiger partial charge is 0.420 e. The predicted octanol–water partition coefficient (Wildman–Crippen LogP) is 1.66. The molecular formula is C5H4ClF3N2O. The van der Waals surface area contributed by atoms with Crippen molar-refractivity contribution in [2.75, 3.05) is 0 Å². The van der Waals surface area contributed by atoms with Crippen LogP contribution in [0.4, 0.5) is 13.2 Å². The smallest absolute Gasteiger partial charge is 0.378 e. The highest BCUT2D eigenvalue weighted by atomic mass is 35.5. The van der Waals surface area contributed by atoms with Gasteiger partial charge in [0, 0.05) is 0 Å². The summed E-state index contributed by atoms with van der Waals surface area (Å²) in [6, 6.07) is 0. The first-order chi connectivity index (χ1) is 5.43. The van der Waals surface area contributed by atoms with Gasteiger partial charge in [-0.15, -0.1) is 0 Å². The van der Waals surface area contributed by atoms with Crippen LogP contribution in [-0.4, -0.2) is 21.3 Å². The summed E-state index contributed by atoms with van der Waals surface area (Å²) in [6.07, 6.45) is -6.35. The molecule has 1 atom stereocenters. The molecular weight excluding hydrogens is 197 g/mol. The molecule has 1 rings (SSSR count). The van der Waals surface area contributed by atoms with Crippen LogP contribution in [0.2, 0.25) is 5.15 Å². The third-order valence-corrected chi connectivity index (χ3v) is 1.50. The van der Waals surface area contributed by atoms with Crippen LogP contribution in [0.1, 0.15) is 11.8 Å². The van der Waals surface area contributed by atoms with Gasteiger partial charge in [-0.1, -0.05) is 11.6 Å². The van der Waals surface area contributed by atoms with Crippen molar-refractivity contribution in [3.63, 3.8) is 0 Å². The van der Waals surface area contributed by atoms with Gasteiger partial charge < -0.3 is 10.1 Å². The summed E-state index contributed by atoms with van der Waals surface area (Å²) in [5.41, 5.74) is -0.538. The number of halogens is 4. The van der Waals surface area contributed by atoms with Gasteiger partial charge in [0.1, 0.15) is 0 Å². The number of aromatic amines is 1. The van der Waals surface area contributed by atoms with E-state index in [4.69, 9.17) is 16.7 Å². The number of imidazole rings is 1. The number of aromatic nitrogens is 2. The first-order valence-electron chi connectivity index (χ1n) is 2.86. The molecule has 1 heterocycles. The van der Waals surface area contributed by atoms with Crippen LogP contribution >= 0.6 is 11.6 Å². The minimum Gasteiger partial charge on any atom is -0.378 e. The Labute approximate surface area is 70.2 Å². The maximum atomic E-state index is 11.8. The van der Waals surface area contributed by atoms with Crippen LogP contribution in [0.5, 0.6) is 0 Å². The van der Waals surface area contributed by atoms with Crippen molar-refractivity contribution in [1.82, 2.24) is 9.97 Å². The fraction of sp³-hybridized carbons (Fsp3) is 0.400. The predicted molar refractivity (Wildman–Crippen MR) is 34.6 cm³/mol. The molecule has 12 heavy (non-hydrogen) atoms. The van der Waals surface area contributed by atoms with E-state index in [2.05, 4.69) is 9.97 Å². The van der Waals surface area contributed by atoms with Gasteiger partial charge in [-0.05, 0) is 0 Å². The molecule has 2 N–H and O–H groups in total. The highest BCUT2D eigenvalue weighted by Gasteiger charge is 2.41. The molecule has 1 unspecified atom stereocenters. The number of alkyl halides is 3. The van der Waals surface area contributed by atoms with Gasteiger partial charge in [-0.25, -0.2) is 4.98 Å². The Morgan fingerprint density at radius 3 is 2.50 bits per heavy atom. The highest BCUT2D eigenvalue weighted by molar-refractivity contribution is 6.30. The van der Waals surface area contributed by atoms with E-state index >= 15 is 0 Å². The molecule has 0 radical (unpaired) electrons. The molecule has 0 bridgehead atoms. The summed E-state index contributed by atoms with van der Waals surface area (Å²) in [5.74, 6) is 0. The van der Waals surface area contributed by atoms with Crippen molar-refractivity contribution in [2.45, 2.75) is 12.3 Å². The van der Waals surface area contributed by atoms with Gasteiger partial charge in [-0.2, -0.15) is 13.2 Å². The van der Waals surface area contributed by atoms with Crippen molar-refractivity contribution in [1.29, 1.82) is 0 Å². The van der Waals surface area contributed by atoms with Crippen LogP contribution in [0.3, 0.4) is 0 Å². The van der Waals surface area contributed by atoms with Crippen LogP contribution in [0.15, 0.2) is 6.33 Å². The van der Waals surface area contributed by atoms with E-state index < -0.39 is 18.0 Å². The zero-order valence-electron chi connectivity index (χ0n) is 5.56. The second kappa shape index (κ2) is 2.95. The lowest BCUT2D eigenvalue weighted by atomic mass is 10.3. The molecule has 68 valence electrons. The summed E-state index contributed by atoms with van der Waals surface area (Å²) < 4.78 is 35.5. The molecule has 7 heteroatoms. The number of nitrogens with zero attached hydrogens (tertiary/aromatic N) is 1. The number of rotatable bonds is 1. The third kappa shape index (κ3) is 1.70. The zero-order chi connectivity index (χ0) is 9.35. The van der Waals surface area contributed by atoms with Crippen LogP contribution in [0, 0.1) is 0 Å². The van der Waals surface area contributed by atoms with Crippen molar-refractivity contribution in [3.8, 4) is 0 Å². The second-order valence-electron chi connectivity index (χ2n) is 2.05. The van der Waals surface area contributed by atoms with E-state index in [0.717, 1.165) is 6.33 Å². The second-order valence-corrected chi connectivity index (χ2v) is 2.41. The molecule has 1 aromatic rings. The molecule has 0 spiro atoms. The topological polar surface area (TPSA) is 48.9 Å². The third-order valence-electron chi connectivity index (χ3n) is 1.20. The van der Waals surface area contributed by atoms with Gasteiger partial charge in [0.2, 0.25) is 0 Å². The molecule has 0 saturated heterocycles. The van der Waals surface area contributed by atoms with Crippen molar-refractivity contribution in [2.24, 2.45) is 0 Å². The Bertz CT molecular complexity index is 272. The van der Waals surface area contributed by atoms with E-state index in [1.807, 2.05) is 0 Å². The van der Waals surface area contributed by atoms with Gasteiger partial charge in [0.05, 0.1) is 12.0 Å². The Balaban J connectivity index is 2.92. The Morgan fingerprint density at radius 2 is 2.17 bits per heavy atom. The maximum absolute atomic E-state index is 11.8. The fourth-order valence-corrected chi connectivity index (χ4v) is 0.850. The molecule has 3 nitrogen and oxygen atoms in total. The number of nitrogens with one attached hydrogen (secondary N) is 1. The molecule has 0 aliphatic carbocycles. The first kappa shape index (κ1) is 9.34. The lowest BCUT2D eigenvalue weighted by Gasteiger charge is -2.12. The summed E-state index contributed by atoms with van der Waals surface area (Å²) in [5, 5.41) is 8.27. The Hall–Kier alpha value is -0.750. The lowest BCUT2D eigenvalue weighted by Crippen LogP contribution is -2.20. The molecule has 0 aliphatic rings.